The van der Waals surface area contributed by atoms with Crippen LogP contribution in [-0.4, -0.2) is 25.8 Å². The molecule has 2 heteroatoms. The van der Waals surface area contributed by atoms with Crippen LogP contribution < -0.4 is 5.32 Å². The van der Waals surface area contributed by atoms with Gasteiger partial charge < -0.3 is 10.1 Å². The van der Waals surface area contributed by atoms with E-state index in [0.29, 0.717) is 12.0 Å². The summed E-state index contributed by atoms with van der Waals surface area (Å²) in [6.45, 7) is 11.5. The lowest BCUT2D eigenvalue weighted by molar-refractivity contribution is 0.136. The van der Waals surface area contributed by atoms with Crippen LogP contribution in [0.2, 0.25) is 0 Å². The Bertz CT molecular complexity index is 345. The molecule has 1 atom stereocenters. The molecule has 0 aliphatic heterocycles. The topological polar surface area (TPSA) is 21.3 Å². The molecule has 20 heavy (non-hydrogen) atoms. The van der Waals surface area contributed by atoms with Gasteiger partial charge in [-0.3, -0.25) is 0 Å². The van der Waals surface area contributed by atoms with Crippen molar-refractivity contribution >= 4 is 0 Å². The zero-order chi connectivity index (χ0) is 14.8. The van der Waals surface area contributed by atoms with E-state index in [-0.39, 0.29) is 0 Å². The number of hydrogen-bond donors (Lipinski definition) is 1. The lowest BCUT2D eigenvalue weighted by Crippen LogP contribution is -2.33. The van der Waals surface area contributed by atoms with Crippen LogP contribution in [0.4, 0.5) is 0 Å². The van der Waals surface area contributed by atoms with Crippen molar-refractivity contribution in [2.75, 3.05) is 19.8 Å². The molecule has 1 unspecified atom stereocenters. The maximum atomic E-state index is 5.49. The van der Waals surface area contributed by atoms with Gasteiger partial charge in [-0.15, -0.1) is 0 Å². The van der Waals surface area contributed by atoms with Crippen LogP contribution in [0.15, 0.2) is 24.3 Å². The molecule has 0 aromatic heterocycles. The van der Waals surface area contributed by atoms with Crippen molar-refractivity contribution in [1.82, 2.24) is 5.32 Å². The van der Waals surface area contributed by atoms with Gasteiger partial charge in [-0.25, -0.2) is 0 Å². The van der Waals surface area contributed by atoms with Crippen molar-refractivity contribution < 1.29 is 4.74 Å². The Morgan fingerprint density at radius 1 is 1.10 bits per heavy atom. The monoisotopic (exact) mass is 277 g/mol. The highest BCUT2D eigenvalue weighted by Gasteiger charge is 2.09. The maximum Gasteiger partial charge on any atom is 0.0480 e. The molecular weight excluding hydrogens is 246 g/mol. The molecule has 0 saturated carbocycles. The van der Waals surface area contributed by atoms with Gasteiger partial charge in [0.15, 0.2) is 0 Å². The first-order valence-electron chi connectivity index (χ1n) is 8.07. The van der Waals surface area contributed by atoms with E-state index in [0.717, 1.165) is 32.6 Å². The van der Waals surface area contributed by atoms with E-state index in [2.05, 4.69) is 57.3 Å². The predicted molar refractivity (Wildman–Crippen MR) is 87.4 cm³/mol. The fraction of sp³-hybridized carbons (Fsp3) is 0.667. The molecule has 0 saturated heterocycles. The average Bonchev–Trinajstić information content (AvgIpc) is 2.45. The molecule has 0 aliphatic rings. The highest BCUT2D eigenvalue weighted by Crippen LogP contribution is 2.16. The van der Waals surface area contributed by atoms with Crippen LogP contribution in [-0.2, 0) is 11.2 Å². The Morgan fingerprint density at radius 2 is 1.80 bits per heavy atom. The second-order valence-corrected chi connectivity index (χ2v) is 5.74. The van der Waals surface area contributed by atoms with Crippen molar-refractivity contribution in [2.24, 2.45) is 0 Å². The molecule has 0 radical (unpaired) electrons. The quantitative estimate of drug-likeness (QED) is 0.649. The summed E-state index contributed by atoms with van der Waals surface area (Å²) in [5.74, 6) is 0.607. The Kier molecular flexibility index (Phi) is 8.56. The molecule has 0 amide bonds. The fourth-order valence-corrected chi connectivity index (χ4v) is 2.32. The summed E-state index contributed by atoms with van der Waals surface area (Å²) in [6, 6.07) is 9.60. The Hall–Kier alpha value is -0.860. The zero-order valence-corrected chi connectivity index (χ0v) is 13.6. The van der Waals surface area contributed by atoms with Crippen molar-refractivity contribution in [2.45, 2.75) is 58.9 Å². The number of ether oxygens (including phenoxy) is 1. The summed E-state index contributed by atoms with van der Waals surface area (Å²) in [7, 11) is 0. The number of rotatable bonds is 10. The van der Waals surface area contributed by atoms with Crippen molar-refractivity contribution in [1.29, 1.82) is 0 Å². The molecule has 1 N–H and O–H groups in total. The third kappa shape index (κ3) is 6.53. The van der Waals surface area contributed by atoms with Crippen LogP contribution in [0.5, 0.6) is 0 Å². The smallest absolute Gasteiger partial charge is 0.0480 e. The van der Waals surface area contributed by atoms with Crippen molar-refractivity contribution in [3.8, 4) is 0 Å². The van der Waals surface area contributed by atoms with Crippen LogP contribution in [0, 0.1) is 0 Å². The maximum absolute atomic E-state index is 5.49. The molecule has 0 fully saturated rings. The summed E-state index contributed by atoms with van der Waals surface area (Å²) in [5, 5.41) is 3.63. The van der Waals surface area contributed by atoms with Gasteiger partial charge in [0, 0.05) is 19.3 Å². The lowest BCUT2D eigenvalue weighted by atomic mass is 9.98. The first kappa shape index (κ1) is 17.2. The van der Waals surface area contributed by atoms with E-state index in [1.54, 1.807) is 0 Å². The van der Waals surface area contributed by atoms with Gasteiger partial charge in [-0.1, -0.05) is 45.0 Å². The van der Waals surface area contributed by atoms with E-state index < -0.39 is 0 Å². The van der Waals surface area contributed by atoms with Crippen LogP contribution in [0.25, 0.3) is 0 Å². The highest BCUT2D eigenvalue weighted by molar-refractivity contribution is 5.25. The summed E-state index contributed by atoms with van der Waals surface area (Å²) in [6.07, 6.45) is 3.35. The van der Waals surface area contributed by atoms with Crippen LogP contribution in [0.3, 0.4) is 0 Å². The first-order chi connectivity index (χ1) is 9.67. The van der Waals surface area contributed by atoms with Crippen LogP contribution >= 0.6 is 0 Å². The standard InChI is InChI=1S/C18H31NO/c1-5-12-19-18(11-13-20-6-2)14-16-7-9-17(10-8-16)15(3)4/h7-10,15,18-19H,5-6,11-14H2,1-4H3. The van der Waals surface area contributed by atoms with E-state index in [4.69, 9.17) is 4.74 Å². The van der Waals surface area contributed by atoms with E-state index in [1.807, 2.05) is 0 Å². The predicted octanol–water partition coefficient (Wildman–Crippen LogP) is 4.15. The second-order valence-electron chi connectivity index (χ2n) is 5.74. The largest absolute Gasteiger partial charge is 0.382 e. The molecular formula is C18H31NO. The molecule has 0 aliphatic carbocycles. The molecule has 0 heterocycles. The van der Waals surface area contributed by atoms with E-state index in [9.17, 15) is 0 Å². The molecule has 2 nitrogen and oxygen atoms in total. The third-order valence-corrected chi connectivity index (χ3v) is 3.63. The number of hydrogen-bond acceptors (Lipinski definition) is 2. The molecule has 0 spiro atoms. The van der Waals surface area contributed by atoms with Crippen molar-refractivity contribution in [3.63, 3.8) is 0 Å². The fourth-order valence-electron chi connectivity index (χ4n) is 2.32. The van der Waals surface area contributed by atoms with E-state index in [1.165, 1.54) is 17.5 Å². The van der Waals surface area contributed by atoms with E-state index >= 15 is 0 Å². The minimum atomic E-state index is 0.520. The molecule has 1 aromatic carbocycles. The SMILES string of the molecule is CCCNC(CCOCC)Cc1ccc(C(C)C)cc1. The zero-order valence-electron chi connectivity index (χ0n) is 13.6. The van der Waals surface area contributed by atoms with Crippen molar-refractivity contribution in [3.05, 3.63) is 35.4 Å². The van der Waals surface area contributed by atoms with Gasteiger partial charge in [0.05, 0.1) is 0 Å². The minimum absolute atomic E-state index is 0.520. The minimum Gasteiger partial charge on any atom is -0.382 e. The van der Waals surface area contributed by atoms with Gasteiger partial charge >= 0.3 is 0 Å². The third-order valence-electron chi connectivity index (χ3n) is 3.63. The number of nitrogens with one attached hydrogen (secondary N) is 1. The van der Waals surface area contributed by atoms with Gasteiger partial charge in [0.1, 0.15) is 0 Å². The average molecular weight is 277 g/mol. The summed E-state index contributed by atoms with van der Waals surface area (Å²) >= 11 is 0. The Balaban J connectivity index is 2.53. The van der Waals surface area contributed by atoms with Gasteiger partial charge in [-0.2, -0.15) is 0 Å². The summed E-state index contributed by atoms with van der Waals surface area (Å²) < 4.78 is 5.49. The van der Waals surface area contributed by atoms with Gasteiger partial charge in [-0.05, 0) is 49.8 Å². The molecule has 114 valence electrons. The first-order valence-corrected chi connectivity index (χ1v) is 8.07. The highest BCUT2D eigenvalue weighted by atomic mass is 16.5. The van der Waals surface area contributed by atoms with Gasteiger partial charge in [0.2, 0.25) is 0 Å². The Morgan fingerprint density at radius 3 is 2.35 bits per heavy atom. The molecule has 1 aromatic rings. The van der Waals surface area contributed by atoms with Crippen LogP contribution in [0.1, 0.15) is 57.6 Å². The Labute approximate surface area is 124 Å². The van der Waals surface area contributed by atoms with Gasteiger partial charge in [0.25, 0.3) is 0 Å². The normalized spacial score (nSPS) is 12.8. The molecule has 0 bridgehead atoms. The molecule has 1 rings (SSSR count). The summed E-state index contributed by atoms with van der Waals surface area (Å²) in [4.78, 5) is 0. The summed E-state index contributed by atoms with van der Waals surface area (Å²) in [5.41, 5.74) is 2.83. The second kappa shape index (κ2) is 9.95. The lowest BCUT2D eigenvalue weighted by Gasteiger charge is -2.19. The number of benzene rings is 1.